The van der Waals surface area contributed by atoms with Gasteiger partial charge in [0.05, 0.1) is 0 Å². The number of carbonyl (C=O) groups is 1. The Labute approximate surface area is 108 Å². The van der Waals surface area contributed by atoms with Crippen LogP contribution in [0.5, 0.6) is 0 Å². The second-order valence-corrected chi connectivity index (χ2v) is 5.52. The summed E-state index contributed by atoms with van der Waals surface area (Å²) in [5.74, 6) is -0.0366. The molecule has 84 valence electrons. The Morgan fingerprint density at radius 3 is 3.12 bits per heavy atom. The maximum atomic E-state index is 11.7. The van der Waals surface area contributed by atoms with Crippen molar-refractivity contribution in [2.75, 3.05) is 5.32 Å². The van der Waals surface area contributed by atoms with E-state index in [1.807, 2.05) is 25.1 Å². The third-order valence-corrected chi connectivity index (χ3v) is 4.39. The van der Waals surface area contributed by atoms with Crippen molar-refractivity contribution < 1.29 is 4.79 Å². The molecule has 1 amide bonds. The van der Waals surface area contributed by atoms with Crippen LogP contribution in [0.1, 0.15) is 13.3 Å². The third kappa shape index (κ3) is 2.34. The second-order valence-electron chi connectivity index (χ2n) is 3.30. The molecule has 1 N–H and O–H groups in total. The normalized spacial score (nSPS) is 12.6. The maximum absolute atomic E-state index is 11.7. The van der Waals surface area contributed by atoms with E-state index >= 15 is 0 Å². The average Bonchev–Trinajstić information content (AvgIpc) is 2.77. The van der Waals surface area contributed by atoms with Crippen molar-refractivity contribution in [3.05, 3.63) is 18.2 Å². The first-order valence-electron chi connectivity index (χ1n) is 4.88. The second kappa shape index (κ2) is 5.08. The van der Waals surface area contributed by atoms with E-state index < -0.39 is 0 Å². The molecule has 2 rings (SSSR count). The van der Waals surface area contributed by atoms with Crippen LogP contribution in [-0.4, -0.2) is 33.7 Å². The van der Waals surface area contributed by atoms with Crippen LogP contribution in [0.15, 0.2) is 18.2 Å². The topological polar surface area (TPSA) is 54.9 Å². The number of hydrogen-bond donors (Lipinski definition) is 1. The summed E-state index contributed by atoms with van der Waals surface area (Å²) in [5.41, 5.74) is 2.44. The van der Waals surface area contributed by atoms with Gasteiger partial charge in [0, 0.05) is 0 Å². The molecule has 1 aromatic heterocycles. The summed E-state index contributed by atoms with van der Waals surface area (Å²) in [5, 5.41) is 2.86. The molecule has 0 bridgehead atoms. The van der Waals surface area contributed by atoms with Crippen molar-refractivity contribution in [2.24, 2.45) is 0 Å². The molecule has 0 saturated heterocycles. The molecule has 1 atom stereocenters. The number of fused-ring (bicyclic) bond motifs is 1. The summed E-state index contributed by atoms with van der Waals surface area (Å²) in [6.07, 6.45) is 0.756. The van der Waals surface area contributed by atoms with Gasteiger partial charge in [0.1, 0.15) is 0 Å². The standard InChI is InChI=1S/C10H10BrN3OSe/c1-2-6(11)10(15)12-7-4-3-5-8-9(7)14-16-13-8/h3-6H,2H2,1H3,(H,12,15). The molecule has 1 heterocycles. The van der Waals surface area contributed by atoms with Crippen LogP contribution in [-0.2, 0) is 4.79 Å². The summed E-state index contributed by atoms with van der Waals surface area (Å²) < 4.78 is 8.57. The summed E-state index contributed by atoms with van der Waals surface area (Å²) >= 11 is 3.25. The van der Waals surface area contributed by atoms with E-state index in [9.17, 15) is 4.79 Å². The van der Waals surface area contributed by atoms with Gasteiger partial charge in [0.25, 0.3) is 0 Å². The summed E-state index contributed by atoms with van der Waals surface area (Å²) in [4.78, 5) is 11.6. The van der Waals surface area contributed by atoms with Crippen molar-refractivity contribution in [3.63, 3.8) is 0 Å². The molecule has 1 aromatic carbocycles. The van der Waals surface area contributed by atoms with Crippen molar-refractivity contribution in [1.29, 1.82) is 0 Å². The molecular formula is C10H10BrN3OSe. The monoisotopic (exact) mass is 347 g/mol. The minimum absolute atomic E-state index is 0.0366. The number of anilines is 1. The molecule has 1 unspecified atom stereocenters. The molecule has 0 aliphatic rings. The number of alkyl halides is 1. The average molecular weight is 347 g/mol. The number of hydrogen-bond acceptors (Lipinski definition) is 3. The molecule has 4 nitrogen and oxygen atoms in total. The number of rotatable bonds is 3. The van der Waals surface area contributed by atoms with Crippen LogP contribution in [0, 0.1) is 0 Å². The van der Waals surface area contributed by atoms with Gasteiger partial charge in [-0.15, -0.1) is 0 Å². The predicted molar refractivity (Wildman–Crippen MR) is 68.1 cm³/mol. The first kappa shape index (κ1) is 11.8. The number of nitrogens with zero attached hydrogens (tertiary/aromatic N) is 2. The molecule has 0 saturated carbocycles. The number of nitrogens with one attached hydrogen (secondary N) is 1. The third-order valence-electron chi connectivity index (χ3n) is 2.19. The van der Waals surface area contributed by atoms with Gasteiger partial charge in [-0.1, -0.05) is 0 Å². The fourth-order valence-corrected chi connectivity index (χ4v) is 2.57. The van der Waals surface area contributed by atoms with Gasteiger partial charge < -0.3 is 0 Å². The van der Waals surface area contributed by atoms with Crippen LogP contribution in [0.4, 0.5) is 5.69 Å². The number of aromatic nitrogens is 2. The number of benzene rings is 1. The molecule has 0 radical (unpaired) electrons. The zero-order chi connectivity index (χ0) is 11.5. The SMILES string of the molecule is CCC(Br)C(=O)Nc1cccc2n[se]nc12. The van der Waals surface area contributed by atoms with Crippen LogP contribution in [0.3, 0.4) is 0 Å². The zero-order valence-corrected chi connectivity index (χ0v) is 11.9. The Morgan fingerprint density at radius 2 is 2.38 bits per heavy atom. The van der Waals surface area contributed by atoms with Crippen molar-refractivity contribution in [3.8, 4) is 0 Å². The molecule has 16 heavy (non-hydrogen) atoms. The fraction of sp³-hybridized carbons (Fsp3) is 0.300. The predicted octanol–water partition coefficient (Wildman–Crippen LogP) is 1.80. The first-order chi connectivity index (χ1) is 7.72. The van der Waals surface area contributed by atoms with Gasteiger partial charge in [-0.3, -0.25) is 0 Å². The van der Waals surface area contributed by atoms with Gasteiger partial charge in [-0.25, -0.2) is 0 Å². The Morgan fingerprint density at radius 1 is 1.56 bits per heavy atom. The van der Waals surface area contributed by atoms with E-state index in [1.165, 1.54) is 0 Å². The van der Waals surface area contributed by atoms with Crippen LogP contribution >= 0.6 is 15.9 Å². The number of amides is 1. The Balaban J connectivity index is 2.27. The van der Waals surface area contributed by atoms with Crippen molar-refractivity contribution in [2.45, 2.75) is 18.2 Å². The number of carbonyl (C=O) groups excluding carboxylic acids is 1. The van der Waals surface area contributed by atoms with Crippen LogP contribution in [0.25, 0.3) is 11.0 Å². The molecule has 6 heteroatoms. The van der Waals surface area contributed by atoms with Crippen LogP contribution < -0.4 is 5.32 Å². The molecular weight excluding hydrogens is 337 g/mol. The summed E-state index contributed by atoms with van der Waals surface area (Å²) in [7, 11) is 0. The van der Waals surface area contributed by atoms with Gasteiger partial charge in [0.15, 0.2) is 0 Å². The van der Waals surface area contributed by atoms with Crippen molar-refractivity contribution >= 4 is 53.5 Å². The molecule has 0 fully saturated rings. The summed E-state index contributed by atoms with van der Waals surface area (Å²) in [6.45, 7) is 1.96. The minimum atomic E-state index is -0.160. The fourth-order valence-electron chi connectivity index (χ4n) is 1.30. The first-order valence-corrected chi connectivity index (χ1v) is 7.33. The Kier molecular flexibility index (Phi) is 3.74. The van der Waals surface area contributed by atoms with E-state index in [0.717, 1.165) is 23.1 Å². The van der Waals surface area contributed by atoms with Gasteiger partial charge in [-0.2, -0.15) is 0 Å². The van der Waals surface area contributed by atoms with Gasteiger partial charge in [0.2, 0.25) is 0 Å². The Hall–Kier alpha value is -0.711. The van der Waals surface area contributed by atoms with E-state index in [1.54, 1.807) is 0 Å². The quantitative estimate of drug-likeness (QED) is 0.681. The molecule has 0 aliphatic carbocycles. The van der Waals surface area contributed by atoms with Gasteiger partial charge in [-0.05, 0) is 0 Å². The summed E-state index contributed by atoms with van der Waals surface area (Å²) in [6, 6.07) is 5.64. The molecule has 0 aliphatic heterocycles. The van der Waals surface area contributed by atoms with Crippen molar-refractivity contribution in [1.82, 2.24) is 7.96 Å². The van der Waals surface area contributed by atoms with E-state index in [2.05, 4.69) is 29.2 Å². The zero-order valence-electron chi connectivity index (χ0n) is 8.61. The van der Waals surface area contributed by atoms with E-state index in [4.69, 9.17) is 0 Å². The number of halogens is 1. The van der Waals surface area contributed by atoms with Gasteiger partial charge >= 0.3 is 108 Å². The molecule has 0 spiro atoms. The molecule has 2 aromatic rings. The van der Waals surface area contributed by atoms with E-state index in [0.29, 0.717) is 0 Å². The van der Waals surface area contributed by atoms with Crippen LogP contribution in [0.2, 0.25) is 0 Å². The Bertz CT molecular complexity index is 513. The van der Waals surface area contributed by atoms with E-state index in [-0.39, 0.29) is 25.7 Å².